The van der Waals surface area contributed by atoms with Gasteiger partial charge in [0.15, 0.2) is 0 Å². The van der Waals surface area contributed by atoms with Gasteiger partial charge in [0.2, 0.25) is 10.0 Å². The summed E-state index contributed by atoms with van der Waals surface area (Å²) in [6, 6.07) is 4.57. The molecule has 7 heteroatoms. The van der Waals surface area contributed by atoms with E-state index in [4.69, 9.17) is 10.5 Å². The Morgan fingerprint density at radius 3 is 2.70 bits per heavy atom. The molecule has 0 unspecified atom stereocenters. The average molecular weight is 301 g/mol. The highest BCUT2D eigenvalue weighted by Gasteiger charge is 2.12. The number of benzene rings is 1. The Hall–Kier alpha value is -1.31. The zero-order valence-corrected chi connectivity index (χ0v) is 12.8. The predicted octanol–water partition coefficient (Wildman–Crippen LogP) is 1.41. The van der Waals surface area contributed by atoms with Crippen molar-refractivity contribution in [3.8, 4) is 0 Å². The SMILES string of the molecule is CCCCOCCNc1cc(S(=O)(=O)NC)ccc1N. The van der Waals surface area contributed by atoms with Crippen LogP contribution in [0.15, 0.2) is 23.1 Å². The van der Waals surface area contributed by atoms with Crippen molar-refractivity contribution in [2.75, 3.05) is 37.9 Å². The molecule has 4 N–H and O–H groups in total. The molecule has 0 bridgehead atoms. The first-order valence-electron chi connectivity index (χ1n) is 6.66. The minimum Gasteiger partial charge on any atom is -0.397 e. The lowest BCUT2D eigenvalue weighted by Crippen LogP contribution is -2.19. The second-order valence-electron chi connectivity index (χ2n) is 4.35. The summed E-state index contributed by atoms with van der Waals surface area (Å²) < 4.78 is 31.1. The second-order valence-corrected chi connectivity index (χ2v) is 6.24. The molecule has 0 aromatic heterocycles. The minimum absolute atomic E-state index is 0.184. The van der Waals surface area contributed by atoms with Gasteiger partial charge in [-0.15, -0.1) is 0 Å². The molecule has 0 aliphatic rings. The summed E-state index contributed by atoms with van der Waals surface area (Å²) in [5.74, 6) is 0. The van der Waals surface area contributed by atoms with Crippen LogP contribution in [0.4, 0.5) is 11.4 Å². The maximum absolute atomic E-state index is 11.7. The van der Waals surface area contributed by atoms with E-state index in [1.807, 2.05) is 0 Å². The summed E-state index contributed by atoms with van der Waals surface area (Å²) in [7, 11) is -2.08. The standard InChI is InChI=1S/C13H23N3O3S/c1-3-4-8-19-9-7-16-13-10-11(5-6-12(13)14)20(17,18)15-2/h5-6,10,15-16H,3-4,7-9,14H2,1-2H3. The quantitative estimate of drug-likeness (QED) is 0.473. The zero-order chi connectivity index (χ0) is 15.0. The molecule has 0 heterocycles. The molecule has 0 saturated carbocycles. The van der Waals surface area contributed by atoms with E-state index in [0.717, 1.165) is 19.4 Å². The van der Waals surface area contributed by atoms with E-state index in [1.54, 1.807) is 6.07 Å². The topological polar surface area (TPSA) is 93.4 Å². The van der Waals surface area contributed by atoms with Crippen LogP contribution in [0.5, 0.6) is 0 Å². The van der Waals surface area contributed by atoms with Crippen molar-refractivity contribution in [2.24, 2.45) is 0 Å². The monoisotopic (exact) mass is 301 g/mol. The van der Waals surface area contributed by atoms with Crippen molar-refractivity contribution >= 4 is 21.4 Å². The van der Waals surface area contributed by atoms with Gasteiger partial charge in [-0.2, -0.15) is 0 Å². The Balaban J connectivity index is 2.59. The highest BCUT2D eigenvalue weighted by molar-refractivity contribution is 7.89. The van der Waals surface area contributed by atoms with E-state index < -0.39 is 10.0 Å². The van der Waals surface area contributed by atoms with Crippen molar-refractivity contribution < 1.29 is 13.2 Å². The molecule has 20 heavy (non-hydrogen) atoms. The van der Waals surface area contributed by atoms with Gasteiger partial charge in [-0.1, -0.05) is 13.3 Å². The lowest BCUT2D eigenvalue weighted by atomic mass is 10.2. The first-order chi connectivity index (χ1) is 9.51. The number of ether oxygens (including phenoxy) is 1. The number of anilines is 2. The summed E-state index contributed by atoms with van der Waals surface area (Å²) in [6.45, 7) is 3.98. The van der Waals surface area contributed by atoms with Crippen LogP contribution in [0, 0.1) is 0 Å². The fourth-order valence-corrected chi connectivity index (χ4v) is 2.34. The molecule has 1 rings (SSSR count). The van der Waals surface area contributed by atoms with Crippen molar-refractivity contribution in [3.63, 3.8) is 0 Å². The number of unbranched alkanes of at least 4 members (excludes halogenated alkanes) is 1. The summed E-state index contributed by atoms with van der Waals surface area (Å²) in [4.78, 5) is 0.184. The number of sulfonamides is 1. The van der Waals surface area contributed by atoms with E-state index >= 15 is 0 Å². The van der Waals surface area contributed by atoms with Crippen LogP contribution < -0.4 is 15.8 Å². The van der Waals surface area contributed by atoms with Gasteiger partial charge in [0, 0.05) is 13.2 Å². The van der Waals surface area contributed by atoms with E-state index in [-0.39, 0.29) is 4.90 Å². The molecule has 0 amide bonds. The van der Waals surface area contributed by atoms with Gasteiger partial charge in [-0.25, -0.2) is 13.1 Å². The number of hydrogen-bond acceptors (Lipinski definition) is 5. The second kappa shape index (κ2) is 8.08. The number of nitrogens with two attached hydrogens (primary N) is 1. The predicted molar refractivity (Wildman–Crippen MR) is 81.3 cm³/mol. The van der Waals surface area contributed by atoms with E-state index in [1.165, 1.54) is 19.2 Å². The van der Waals surface area contributed by atoms with Crippen LogP contribution in [0.3, 0.4) is 0 Å². The first-order valence-corrected chi connectivity index (χ1v) is 8.14. The molecule has 0 fully saturated rings. The normalized spacial score (nSPS) is 11.5. The first kappa shape index (κ1) is 16.7. The van der Waals surface area contributed by atoms with Gasteiger partial charge in [0.1, 0.15) is 0 Å². The highest BCUT2D eigenvalue weighted by atomic mass is 32.2. The van der Waals surface area contributed by atoms with Crippen molar-refractivity contribution in [3.05, 3.63) is 18.2 Å². The fourth-order valence-electron chi connectivity index (χ4n) is 1.58. The number of rotatable bonds is 9. The zero-order valence-electron chi connectivity index (χ0n) is 12.0. The molecule has 0 atom stereocenters. The Morgan fingerprint density at radius 2 is 2.05 bits per heavy atom. The molecule has 0 aliphatic carbocycles. The fraction of sp³-hybridized carbons (Fsp3) is 0.538. The average Bonchev–Trinajstić information content (AvgIpc) is 2.44. The van der Waals surface area contributed by atoms with E-state index in [2.05, 4.69) is 17.0 Å². The third-order valence-electron chi connectivity index (χ3n) is 2.81. The maximum Gasteiger partial charge on any atom is 0.240 e. The Kier molecular flexibility index (Phi) is 6.77. The van der Waals surface area contributed by atoms with Gasteiger partial charge in [-0.05, 0) is 31.7 Å². The summed E-state index contributed by atoms with van der Waals surface area (Å²) in [5, 5.41) is 3.08. The van der Waals surface area contributed by atoms with Crippen LogP contribution in [-0.4, -0.2) is 35.2 Å². The van der Waals surface area contributed by atoms with Gasteiger partial charge in [-0.3, -0.25) is 0 Å². The highest BCUT2D eigenvalue weighted by Crippen LogP contribution is 2.22. The molecule has 6 nitrogen and oxygen atoms in total. The molecular formula is C13H23N3O3S. The summed E-state index contributed by atoms with van der Waals surface area (Å²) in [6.07, 6.45) is 2.14. The van der Waals surface area contributed by atoms with E-state index in [9.17, 15) is 8.42 Å². The van der Waals surface area contributed by atoms with Crippen LogP contribution in [0.25, 0.3) is 0 Å². The molecular weight excluding hydrogens is 278 g/mol. The maximum atomic E-state index is 11.7. The molecule has 0 spiro atoms. The van der Waals surface area contributed by atoms with Crippen LogP contribution in [0.1, 0.15) is 19.8 Å². The molecule has 1 aromatic carbocycles. The number of nitrogen functional groups attached to an aromatic ring is 1. The lowest BCUT2D eigenvalue weighted by molar-refractivity contribution is 0.141. The largest absolute Gasteiger partial charge is 0.397 e. The number of hydrogen-bond donors (Lipinski definition) is 3. The van der Waals surface area contributed by atoms with Crippen molar-refractivity contribution in [1.29, 1.82) is 0 Å². The lowest BCUT2D eigenvalue weighted by Gasteiger charge is -2.11. The smallest absolute Gasteiger partial charge is 0.240 e. The van der Waals surface area contributed by atoms with Crippen LogP contribution in [-0.2, 0) is 14.8 Å². The third-order valence-corrected chi connectivity index (χ3v) is 4.22. The summed E-state index contributed by atoms with van der Waals surface area (Å²) >= 11 is 0. The molecule has 114 valence electrons. The van der Waals surface area contributed by atoms with Crippen LogP contribution in [0.2, 0.25) is 0 Å². The summed E-state index contributed by atoms with van der Waals surface area (Å²) in [5.41, 5.74) is 6.92. The Labute approximate surface area is 120 Å². The van der Waals surface area contributed by atoms with Gasteiger partial charge < -0.3 is 15.8 Å². The molecule has 0 saturated heterocycles. The molecule has 1 aromatic rings. The van der Waals surface area contributed by atoms with Crippen LogP contribution >= 0.6 is 0 Å². The van der Waals surface area contributed by atoms with Gasteiger partial charge in [0.05, 0.1) is 22.9 Å². The number of nitrogens with one attached hydrogen (secondary N) is 2. The Bertz CT molecular complexity index is 518. The van der Waals surface area contributed by atoms with Gasteiger partial charge in [0.25, 0.3) is 0 Å². The van der Waals surface area contributed by atoms with Crippen molar-refractivity contribution in [2.45, 2.75) is 24.7 Å². The minimum atomic E-state index is -3.46. The van der Waals surface area contributed by atoms with E-state index in [0.29, 0.717) is 24.5 Å². The third kappa shape index (κ3) is 4.99. The Morgan fingerprint density at radius 1 is 1.30 bits per heavy atom. The van der Waals surface area contributed by atoms with Crippen molar-refractivity contribution in [1.82, 2.24) is 4.72 Å². The molecule has 0 radical (unpaired) electrons. The molecule has 0 aliphatic heterocycles. The van der Waals surface area contributed by atoms with Gasteiger partial charge >= 0.3 is 0 Å².